The Labute approximate surface area is 169 Å². The van der Waals surface area contributed by atoms with E-state index in [4.69, 9.17) is 0 Å². The molecule has 0 bridgehead atoms. The summed E-state index contributed by atoms with van der Waals surface area (Å²) >= 11 is 2.36. The third kappa shape index (κ3) is 3.68. The van der Waals surface area contributed by atoms with Crippen molar-refractivity contribution in [1.82, 2.24) is 0 Å². The number of fused-ring (bicyclic) bond motifs is 1. The fourth-order valence-corrected chi connectivity index (χ4v) is 4.16. The second kappa shape index (κ2) is 7.63. The summed E-state index contributed by atoms with van der Waals surface area (Å²) in [6.07, 6.45) is 18.8. The molecule has 0 saturated carbocycles. The molecular formula is C25H21I. The van der Waals surface area contributed by atoms with E-state index < -0.39 is 0 Å². The molecule has 0 aliphatic heterocycles. The lowest BCUT2D eigenvalue weighted by atomic mass is 9.86. The Balaban J connectivity index is 1.69. The van der Waals surface area contributed by atoms with Crippen molar-refractivity contribution in [3.8, 4) is 0 Å². The lowest BCUT2D eigenvalue weighted by molar-refractivity contribution is 0.893. The quantitative estimate of drug-likeness (QED) is 0.336. The van der Waals surface area contributed by atoms with Gasteiger partial charge in [-0.3, -0.25) is 0 Å². The van der Waals surface area contributed by atoms with Gasteiger partial charge in [0.25, 0.3) is 0 Å². The maximum absolute atomic E-state index is 3.92. The van der Waals surface area contributed by atoms with E-state index in [1.165, 1.54) is 49.5 Å². The zero-order valence-corrected chi connectivity index (χ0v) is 16.9. The van der Waals surface area contributed by atoms with Crippen molar-refractivity contribution in [1.29, 1.82) is 0 Å². The Kier molecular flexibility index (Phi) is 5.07. The number of allylic oxidation sites excluding steroid dienone is 11. The van der Waals surface area contributed by atoms with Gasteiger partial charge in [-0.05, 0) is 93.1 Å². The molecule has 2 aliphatic rings. The standard InChI is InChI=1S/C25H21I/c1-2-5-20(14-18-8-9-19-6-3-4-7-21(19)15-18)22-10-11-24-17-25(26)13-12-23(24)16-22/h2-3,5-6,8-14,16-17H,1,4,7,15H2/b18-14-,20-5+. The zero-order chi connectivity index (χ0) is 17.9. The van der Waals surface area contributed by atoms with Gasteiger partial charge in [0.05, 0.1) is 0 Å². The molecule has 0 heterocycles. The van der Waals surface area contributed by atoms with E-state index in [2.05, 4.69) is 102 Å². The summed E-state index contributed by atoms with van der Waals surface area (Å²) in [5.74, 6) is 0. The van der Waals surface area contributed by atoms with Crippen LogP contribution >= 0.6 is 22.6 Å². The molecule has 4 rings (SSSR count). The van der Waals surface area contributed by atoms with Gasteiger partial charge in [0.1, 0.15) is 0 Å². The Morgan fingerprint density at radius 3 is 2.73 bits per heavy atom. The van der Waals surface area contributed by atoms with Gasteiger partial charge in [0.15, 0.2) is 0 Å². The van der Waals surface area contributed by atoms with Crippen LogP contribution in [0.2, 0.25) is 0 Å². The third-order valence-corrected chi connectivity index (χ3v) is 5.66. The van der Waals surface area contributed by atoms with Crippen LogP contribution in [0.15, 0.2) is 102 Å². The molecule has 128 valence electrons. The minimum Gasteiger partial charge on any atom is -0.0990 e. The highest BCUT2D eigenvalue weighted by Gasteiger charge is 2.12. The van der Waals surface area contributed by atoms with E-state index in [0.29, 0.717) is 0 Å². The Hall–Kier alpha value is -2.13. The second-order valence-electron chi connectivity index (χ2n) is 6.79. The van der Waals surface area contributed by atoms with Crippen molar-refractivity contribution in [2.45, 2.75) is 19.3 Å². The molecule has 0 amide bonds. The van der Waals surface area contributed by atoms with Crippen LogP contribution in [-0.4, -0.2) is 0 Å². The molecule has 0 nitrogen and oxygen atoms in total. The summed E-state index contributed by atoms with van der Waals surface area (Å²) in [7, 11) is 0. The molecule has 2 aromatic carbocycles. The van der Waals surface area contributed by atoms with Gasteiger partial charge in [-0.25, -0.2) is 0 Å². The number of rotatable bonds is 3. The minimum atomic E-state index is 1.05. The number of hydrogen-bond donors (Lipinski definition) is 0. The maximum Gasteiger partial charge on any atom is 0.0136 e. The summed E-state index contributed by atoms with van der Waals surface area (Å²) in [5.41, 5.74) is 6.79. The largest absolute Gasteiger partial charge is 0.0990 e. The lowest BCUT2D eigenvalue weighted by Crippen LogP contribution is -1.99. The molecule has 0 aromatic heterocycles. The van der Waals surface area contributed by atoms with Crippen molar-refractivity contribution in [2.75, 3.05) is 0 Å². The first-order valence-electron chi connectivity index (χ1n) is 9.02. The fourth-order valence-electron chi connectivity index (χ4n) is 3.65. The second-order valence-corrected chi connectivity index (χ2v) is 8.04. The minimum absolute atomic E-state index is 1.05. The molecule has 0 N–H and O–H groups in total. The maximum atomic E-state index is 3.92. The van der Waals surface area contributed by atoms with Crippen LogP contribution in [-0.2, 0) is 0 Å². The van der Waals surface area contributed by atoms with Gasteiger partial charge in [-0.2, -0.15) is 0 Å². The van der Waals surface area contributed by atoms with E-state index in [1.54, 1.807) is 5.57 Å². The average Bonchev–Trinajstić information content (AvgIpc) is 2.67. The van der Waals surface area contributed by atoms with Crippen molar-refractivity contribution in [3.05, 3.63) is 111 Å². The Morgan fingerprint density at radius 2 is 1.85 bits per heavy atom. The van der Waals surface area contributed by atoms with Gasteiger partial charge < -0.3 is 0 Å². The molecule has 2 aliphatic carbocycles. The number of hydrogen-bond acceptors (Lipinski definition) is 0. The van der Waals surface area contributed by atoms with Crippen LogP contribution in [0, 0.1) is 3.57 Å². The summed E-state index contributed by atoms with van der Waals surface area (Å²) in [6, 6.07) is 13.3. The van der Waals surface area contributed by atoms with E-state index in [1.807, 2.05) is 6.08 Å². The number of benzene rings is 2. The molecule has 0 saturated heterocycles. The topological polar surface area (TPSA) is 0 Å². The van der Waals surface area contributed by atoms with Crippen LogP contribution in [0.4, 0.5) is 0 Å². The van der Waals surface area contributed by atoms with E-state index in [-0.39, 0.29) is 0 Å². The van der Waals surface area contributed by atoms with Crippen molar-refractivity contribution < 1.29 is 0 Å². The molecule has 2 aromatic rings. The molecule has 0 atom stereocenters. The summed E-state index contributed by atoms with van der Waals surface area (Å²) in [6.45, 7) is 3.92. The monoisotopic (exact) mass is 448 g/mol. The smallest absolute Gasteiger partial charge is 0.0136 e. The summed E-state index contributed by atoms with van der Waals surface area (Å²) in [4.78, 5) is 0. The molecule has 1 heteroatoms. The SMILES string of the molecule is C=C/C=C(\C=C1\C=CC2=C(CCC=C2)C1)c1ccc2cc(I)ccc2c1. The van der Waals surface area contributed by atoms with E-state index in [0.717, 1.165) is 6.42 Å². The van der Waals surface area contributed by atoms with Crippen molar-refractivity contribution in [2.24, 2.45) is 0 Å². The van der Waals surface area contributed by atoms with Crippen LogP contribution in [0.3, 0.4) is 0 Å². The number of halogens is 1. The highest BCUT2D eigenvalue weighted by molar-refractivity contribution is 14.1. The van der Waals surface area contributed by atoms with Crippen LogP contribution in [0.1, 0.15) is 24.8 Å². The van der Waals surface area contributed by atoms with Crippen LogP contribution < -0.4 is 0 Å². The lowest BCUT2D eigenvalue weighted by Gasteiger charge is -2.19. The van der Waals surface area contributed by atoms with Crippen LogP contribution in [0.5, 0.6) is 0 Å². The first kappa shape index (κ1) is 17.3. The highest BCUT2D eigenvalue weighted by atomic mass is 127. The Bertz CT molecular complexity index is 1030. The predicted octanol–water partition coefficient (Wildman–Crippen LogP) is 7.55. The first-order valence-corrected chi connectivity index (χ1v) is 10.1. The van der Waals surface area contributed by atoms with Gasteiger partial charge in [0.2, 0.25) is 0 Å². The Morgan fingerprint density at radius 1 is 1.00 bits per heavy atom. The molecular weight excluding hydrogens is 427 g/mol. The molecule has 26 heavy (non-hydrogen) atoms. The average molecular weight is 448 g/mol. The zero-order valence-electron chi connectivity index (χ0n) is 14.7. The molecule has 0 radical (unpaired) electrons. The third-order valence-electron chi connectivity index (χ3n) is 4.99. The fraction of sp³-hybridized carbons (Fsp3) is 0.120. The van der Waals surface area contributed by atoms with Crippen molar-refractivity contribution >= 4 is 38.9 Å². The van der Waals surface area contributed by atoms with Gasteiger partial charge in [-0.15, -0.1) is 0 Å². The highest BCUT2D eigenvalue weighted by Crippen LogP contribution is 2.32. The van der Waals surface area contributed by atoms with E-state index >= 15 is 0 Å². The van der Waals surface area contributed by atoms with E-state index in [9.17, 15) is 0 Å². The molecule has 0 fully saturated rings. The normalized spacial score (nSPS) is 18.5. The molecule has 0 unspecified atom stereocenters. The van der Waals surface area contributed by atoms with Gasteiger partial charge >= 0.3 is 0 Å². The van der Waals surface area contributed by atoms with Crippen LogP contribution in [0.25, 0.3) is 16.3 Å². The van der Waals surface area contributed by atoms with Crippen molar-refractivity contribution in [3.63, 3.8) is 0 Å². The summed E-state index contributed by atoms with van der Waals surface area (Å²) < 4.78 is 1.27. The van der Waals surface area contributed by atoms with Gasteiger partial charge in [-0.1, -0.05) is 72.9 Å². The predicted molar refractivity (Wildman–Crippen MR) is 122 cm³/mol. The summed E-state index contributed by atoms with van der Waals surface area (Å²) in [5, 5.41) is 2.56. The molecule has 0 spiro atoms. The van der Waals surface area contributed by atoms with Gasteiger partial charge in [0, 0.05) is 3.57 Å². The first-order chi connectivity index (χ1) is 12.7.